The highest BCUT2D eigenvalue weighted by Gasteiger charge is 2.55. The Hall–Kier alpha value is -0.0800. The molecule has 2 nitrogen and oxygen atoms in total. The Morgan fingerprint density at radius 1 is 1.14 bits per heavy atom. The van der Waals surface area contributed by atoms with Gasteiger partial charge in [0.05, 0.1) is 11.7 Å². The van der Waals surface area contributed by atoms with Crippen molar-refractivity contribution in [3.8, 4) is 0 Å². The third-order valence-corrected chi connectivity index (χ3v) is 4.65. The molecule has 0 aromatic heterocycles. The quantitative estimate of drug-likeness (QED) is 0.677. The minimum Gasteiger partial charge on any atom is -0.393 e. The second-order valence-corrected chi connectivity index (χ2v) is 5.67. The summed E-state index contributed by atoms with van der Waals surface area (Å²) in [5, 5.41) is 20.3. The predicted molar refractivity (Wildman–Crippen MR) is 55.9 cm³/mol. The SMILES string of the molecule is CC(C)(O)[C@]12CCC[C@H](O)[C@@H]1CCC2. The third-order valence-electron chi connectivity index (χ3n) is 4.65. The largest absolute Gasteiger partial charge is 0.393 e. The fourth-order valence-corrected chi connectivity index (χ4v) is 3.86. The summed E-state index contributed by atoms with van der Waals surface area (Å²) in [7, 11) is 0. The zero-order valence-electron chi connectivity index (χ0n) is 9.29. The Labute approximate surface area is 86.3 Å². The van der Waals surface area contributed by atoms with Crippen molar-refractivity contribution < 1.29 is 10.2 Å². The van der Waals surface area contributed by atoms with Crippen molar-refractivity contribution in [2.45, 2.75) is 64.1 Å². The van der Waals surface area contributed by atoms with E-state index in [0.717, 1.165) is 32.1 Å². The highest BCUT2D eigenvalue weighted by atomic mass is 16.3. The van der Waals surface area contributed by atoms with Crippen LogP contribution in [0.5, 0.6) is 0 Å². The molecule has 2 fully saturated rings. The van der Waals surface area contributed by atoms with E-state index in [0.29, 0.717) is 5.92 Å². The van der Waals surface area contributed by atoms with E-state index < -0.39 is 5.60 Å². The van der Waals surface area contributed by atoms with Crippen LogP contribution in [0.3, 0.4) is 0 Å². The van der Waals surface area contributed by atoms with E-state index in [2.05, 4.69) is 0 Å². The lowest BCUT2D eigenvalue weighted by atomic mass is 9.59. The zero-order chi connectivity index (χ0) is 10.4. The van der Waals surface area contributed by atoms with Crippen LogP contribution in [-0.4, -0.2) is 21.9 Å². The van der Waals surface area contributed by atoms with Gasteiger partial charge in [0, 0.05) is 5.41 Å². The Morgan fingerprint density at radius 3 is 2.21 bits per heavy atom. The van der Waals surface area contributed by atoms with Gasteiger partial charge in [0.25, 0.3) is 0 Å². The molecule has 2 heteroatoms. The molecule has 2 aliphatic carbocycles. The molecule has 2 rings (SSSR count). The van der Waals surface area contributed by atoms with Gasteiger partial charge in [-0.3, -0.25) is 0 Å². The molecule has 0 unspecified atom stereocenters. The normalized spacial score (nSPS) is 43.7. The minimum atomic E-state index is -0.629. The molecule has 0 radical (unpaired) electrons. The van der Waals surface area contributed by atoms with Crippen molar-refractivity contribution in [2.75, 3.05) is 0 Å². The lowest BCUT2D eigenvalue weighted by Crippen LogP contribution is -2.51. The van der Waals surface area contributed by atoms with E-state index in [-0.39, 0.29) is 11.5 Å². The molecular formula is C12H22O2. The maximum Gasteiger partial charge on any atom is 0.0651 e. The second-order valence-electron chi connectivity index (χ2n) is 5.67. The van der Waals surface area contributed by atoms with E-state index in [4.69, 9.17) is 0 Å². The summed E-state index contributed by atoms with van der Waals surface area (Å²) in [6.45, 7) is 3.84. The van der Waals surface area contributed by atoms with Crippen molar-refractivity contribution in [3.63, 3.8) is 0 Å². The van der Waals surface area contributed by atoms with Gasteiger partial charge in [-0.2, -0.15) is 0 Å². The van der Waals surface area contributed by atoms with Crippen LogP contribution in [0.25, 0.3) is 0 Å². The van der Waals surface area contributed by atoms with Crippen LogP contribution in [0.2, 0.25) is 0 Å². The fourth-order valence-electron chi connectivity index (χ4n) is 3.86. The van der Waals surface area contributed by atoms with Gasteiger partial charge in [-0.25, -0.2) is 0 Å². The van der Waals surface area contributed by atoms with Gasteiger partial charge in [0.2, 0.25) is 0 Å². The number of aliphatic hydroxyl groups excluding tert-OH is 1. The topological polar surface area (TPSA) is 40.5 Å². The summed E-state index contributed by atoms with van der Waals surface area (Å²) < 4.78 is 0. The third kappa shape index (κ3) is 1.31. The van der Waals surface area contributed by atoms with Gasteiger partial charge in [0.1, 0.15) is 0 Å². The lowest BCUT2D eigenvalue weighted by molar-refractivity contribution is -0.130. The summed E-state index contributed by atoms with van der Waals surface area (Å²) in [6, 6.07) is 0. The average molecular weight is 198 g/mol. The van der Waals surface area contributed by atoms with Gasteiger partial charge < -0.3 is 10.2 Å². The van der Waals surface area contributed by atoms with Crippen LogP contribution < -0.4 is 0 Å². The van der Waals surface area contributed by atoms with Gasteiger partial charge >= 0.3 is 0 Å². The van der Waals surface area contributed by atoms with Crippen LogP contribution in [0, 0.1) is 11.3 Å². The molecule has 3 atom stereocenters. The van der Waals surface area contributed by atoms with Crippen molar-refractivity contribution in [2.24, 2.45) is 11.3 Å². The van der Waals surface area contributed by atoms with E-state index in [1.807, 2.05) is 13.8 Å². The summed E-state index contributed by atoms with van der Waals surface area (Å²) in [4.78, 5) is 0. The van der Waals surface area contributed by atoms with Crippen molar-refractivity contribution in [1.29, 1.82) is 0 Å². The molecule has 0 spiro atoms. The zero-order valence-corrected chi connectivity index (χ0v) is 9.29. The Kier molecular flexibility index (Phi) is 2.39. The number of rotatable bonds is 1. The minimum absolute atomic E-state index is 0.00463. The molecule has 82 valence electrons. The number of hydrogen-bond donors (Lipinski definition) is 2. The lowest BCUT2D eigenvalue weighted by Gasteiger charge is -2.49. The summed E-state index contributed by atoms with van der Waals surface area (Å²) in [6.07, 6.45) is 6.30. The first-order chi connectivity index (χ1) is 6.47. The van der Waals surface area contributed by atoms with Crippen molar-refractivity contribution in [1.82, 2.24) is 0 Å². The molecule has 2 N–H and O–H groups in total. The second kappa shape index (κ2) is 3.21. The molecule has 0 saturated heterocycles. The molecule has 0 aromatic rings. The Bertz CT molecular complexity index is 219. The highest BCUT2D eigenvalue weighted by molar-refractivity contribution is 5.05. The van der Waals surface area contributed by atoms with Crippen LogP contribution in [0.1, 0.15) is 52.4 Å². The van der Waals surface area contributed by atoms with Gasteiger partial charge in [-0.1, -0.05) is 12.8 Å². The van der Waals surface area contributed by atoms with E-state index in [1.165, 1.54) is 6.42 Å². The van der Waals surface area contributed by atoms with Crippen LogP contribution >= 0.6 is 0 Å². The standard InChI is InChI=1S/C12H22O2/c1-11(2,14)12-7-3-5-9(12)10(13)6-4-8-12/h9-10,13-14H,3-8H2,1-2H3/t9-,10-,12+/m0/s1. The monoisotopic (exact) mass is 198 g/mol. The molecule has 14 heavy (non-hydrogen) atoms. The Balaban J connectivity index is 2.30. The van der Waals surface area contributed by atoms with E-state index in [1.54, 1.807) is 0 Å². The summed E-state index contributed by atoms with van der Waals surface area (Å²) >= 11 is 0. The van der Waals surface area contributed by atoms with Crippen LogP contribution in [-0.2, 0) is 0 Å². The first kappa shape index (κ1) is 10.4. The van der Waals surface area contributed by atoms with Crippen molar-refractivity contribution >= 4 is 0 Å². The first-order valence-electron chi connectivity index (χ1n) is 5.88. The molecule has 0 aliphatic heterocycles. The average Bonchev–Trinajstić information content (AvgIpc) is 2.49. The van der Waals surface area contributed by atoms with E-state index >= 15 is 0 Å². The van der Waals surface area contributed by atoms with Gasteiger partial charge in [-0.05, 0) is 45.4 Å². The molecule has 2 aliphatic rings. The Morgan fingerprint density at radius 2 is 1.71 bits per heavy atom. The highest BCUT2D eigenvalue weighted by Crippen LogP contribution is 2.57. The van der Waals surface area contributed by atoms with Gasteiger partial charge in [-0.15, -0.1) is 0 Å². The number of hydrogen-bond acceptors (Lipinski definition) is 2. The van der Waals surface area contributed by atoms with Crippen molar-refractivity contribution in [3.05, 3.63) is 0 Å². The first-order valence-corrected chi connectivity index (χ1v) is 5.88. The van der Waals surface area contributed by atoms with Crippen LogP contribution in [0.4, 0.5) is 0 Å². The number of aliphatic hydroxyl groups is 2. The summed E-state index contributed by atoms with van der Waals surface area (Å²) in [5.74, 6) is 0.344. The summed E-state index contributed by atoms with van der Waals surface area (Å²) in [5.41, 5.74) is -0.625. The molecular weight excluding hydrogens is 176 g/mol. The van der Waals surface area contributed by atoms with Gasteiger partial charge in [0.15, 0.2) is 0 Å². The maximum atomic E-state index is 10.3. The molecule has 0 aromatic carbocycles. The predicted octanol–water partition coefficient (Wildman–Crippen LogP) is 2.09. The molecule has 0 bridgehead atoms. The number of fused-ring (bicyclic) bond motifs is 1. The smallest absolute Gasteiger partial charge is 0.0651 e. The fraction of sp³-hybridized carbons (Fsp3) is 1.00. The molecule has 0 amide bonds. The molecule has 0 heterocycles. The molecule has 2 saturated carbocycles. The van der Waals surface area contributed by atoms with E-state index in [9.17, 15) is 10.2 Å². The maximum absolute atomic E-state index is 10.3. The van der Waals surface area contributed by atoms with Crippen LogP contribution in [0.15, 0.2) is 0 Å².